The zero-order valence-electron chi connectivity index (χ0n) is 10.5. The summed E-state index contributed by atoms with van der Waals surface area (Å²) in [6.45, 7) is 5.07. The molecule has 0 bridgehead atoms. The fourth-order valence-electron chi connectivity index (χ4n) is 1.48. The van der Waals surface area contributed by atoms with Crippen molar-refractivity contribution in [3.63, 3.8) is 0 Å². The van der Waals surface area contributed by atoms with Crippen molar-refractivity contribution in [2.45, 2.75) is 36.1 Å². The van der Waals surface area contributed by atoms with Crippen LogP contribution in [0.25, 0.3) is 0 Å². The minimum atomic E-state index is 0.865. The lowest BCUT2D eigenvalue weighted by atomic mass is 10.3. The molecule has 0 fully saturated rings. The van der Waals surface area contributed by atoms with Gasteiger partial charge in [0.25, 0.3) is 0 Å². The molecule has 4 nitrogen and oxygen atoms in total. The molecular weight excluding hydrogens is 264 g/mol. The number of hydrogen-bond donors (Lipinski definition) is 1. The van der Waals surface area contributed by atoms with Crippen LogP contribution in [0.5, 0.6) is 0 Å². The van der Waals surface area contributed by atoms with E-state index in [1.165, 1.54) is 0 Å². The minimum absolute atomic E-state index is 0.865. The quantitative estimate of drug-likeness (QED) is 0.821. The summed E-state index contributed by atoms with van der Waals surface area (Å²) in [7, 11) is 0. The van der Waals surface area contributed by atoms with Crippen molar-refractivity contribution in [1.29, 1.82) is 0 Å². The second-order valence-electron chi connectivity index (χ2n) is 3.69. The van der Waals surface area contributed by atoms with Crippen LogP contribution in [0.15, 0.2) is 27.0 Å². The van der Waals surface area contributed by atoms with Crippen LogP contribution in [0, 0.1) is 0 Å². The van der Waals surface area contributed by atoms with Gasteiger partial charge in [-0.15, -0.1) is 11.3 Å². The van der Waals surface area contributed by atoms with Gasteiger partial charge in [-0.25, -0.2) is 15.0 Å². The van der Waals surface area contributed by atoms with E-state index < -0.39 is 0 Å². The Bertz CT molecular complexity index is 461. The van der Waals surface area contributed by atoms with Crippen LogP contribution in [0.1, 0.15) is 26.1 Å². The lowest BCUT2D eigenvalue weighted by molar-refractivity contribution is 0.810. The van der Waals surface area contributed by atoms with E-state index in [4.69, 9.17) is 0 Å². The standard InChI is InChI=1S/C12H16N4S2/c1-3-5-9-15-10(13-4-2)8-11(16-9)18-12-14-6-7-17-12/h6-8H,3-5H2,1-2H3,(H,13,15,16). The van der Waals surface area contributed by atoms with E-state index in [1.54, 1.807) is 23.1 Å². The Hall–Kier alpha value is -1.14. The predicted molar refractivity (Wildman–Crippen MR) is 76.4 cm³/mol. The van der Waals surface area contributed by atoms with Crippen LogP contribution < -0.4 is 5.32 Å². The topological polar surface area (TPSA) is 50.7 Å². The first-order chi connectivity index (χ1) is 8.81. The van der Waals surface area contributed by atoms with Crippen molar-refractivity contribution in [3.05, 3.63) is 23.5 Å². The molecule has 0 aliphatic heterocycles. The summed E-state index contributed by atoms with van der Waals surface area (Å²) in [5.74, 6) is 1.80. The summed E-state index contributed by atoms with van der Waals surface area (Å²) in [4.78, 5) is 13.3. The van der Waals surface area contributed by atoms with Gasteiger partial charge in [0.1, 0.15) is 16.7 Å². The number of nitrogens with one attached hydrogen (secondary N) is 1. The maximum atomic E-state index is 4.56. The molecule has 2 rings (SSSR count). The van der Waals surface area contributed by atoms with E-state index in [0.717, 1.165) is 40.4 Å². The molecule has 0 aliphatic carbocycles. The zero-order chi connectivity index (χ0) is 12.8. The number of anilines is 1. The highest BCUT2D eigenvalue weighted by molar-refractivity contribution is 8.01. The number of aryl methyl sites for hydroxylation is 1. The summed E-state index contributed by atoms with van der Waals surface area (Å²) in [5, 5.41) is 6.18. The molecule has 0 radical (unpaired) electrons. The van der Waals surface area contributed by atoms with Gasteiger partial charge in [0.2, 0.25) is 0 Å². The molecule has 18 heavy (non-hydrogen) atoms. The normalized spacial score (nSPS) is 10.6. The molecule has 6 heteroatoms. The highest BCUT2D eigenvalue weighted by Crippen LogP contribution is 2.28. The Morgan fingerprint density at radius 3 is 2.89 bits per heavy atom. The maximum absolute atomic E-state index is 4.56. The predicted octanol–water partition coefficient (Wildman–Crippen LogP) is 3.47. The molecule has 0 amide bonds. The van der Waals surface area contributed by atoms with Gasteiger partial charge in [-0.1, -0.05) is 6.92 Å². The average Bonchev–Trinajstić information content (AvgIpc) is 2.82. The number of rotatable bonds is 6. The summed E-state index contributed by atoms with van der Waals surface area (Å²) >= 11 is 3.22. The number of aromatic nitrogens is 3. The van der Waals surface area contributed by atoms with Gasteiger partial charge in [-0.3, -0.25) is 0 Å². The molecule has 96 valence electrons. The highest BCUT2D eigenvalue weighted by atomic mass is 32.2. The summed E-state index contributed by atoms with van der Waals surface area (Å²) < 4.78 is 1.01. The molecule has 0 atom stereocenters. The maximum Gasteiger partial charge on any atom is 0.156 e. The molecule has 2 heterocycles. The van der Waals surface area contributed by atoms with E-state index >= 15 is 0 Å². The van der Waals surface area contributed by atoms with Crippen molar-refractivity contribution in [2.75, 3.05) is 11.9 Å². The van der Waals surface area contributed by atoms with E-state index in [-0.39, 0.29) is 0 Å². The molecule has 2 aromatic rings. The Morgan fingerprint density at radius 1 is 1.33 bits per heavy atom. The van der Waals surface area contributed by atoms with Crippen LogP contribution in [-0.4, -0.2) is 21.5 Å². The van der Waals surface area contributed by atoms with E-state index in [0.29, 0.717) is 0 Å². The van der Waals surface area contributed by atoms with Crippen LogP contribution in [-0.2, 0) is 6.42 Å². The SMILES string of the molecule is CCCc1nc(NCC)cc(Sc2nccs2)n1. The molecule has 0 unspecified atom stereocenters. The molecular formula is C12H16N4S2. The second kappa shape index (κ2) is 6.70. The lowest BCUT2D eigenvalue weighted by Crippen LogP contribution is -2.04. The largest absolute Gasteiger partial charge is 0.370 e. The van der Waals surface area contributed by atoms with Gasteiger partial charge in [-0.05, 0) is 25.1 Å². The number of nitrogens with zero attached hydrogens (tertiary/aromatic N) is 3. The van der Waals surface area contributed by atoms with Gasteiger partial charge in [0.05, 0.1) is 0 Å². The first-order valence-electron chi connectivity index (χ1n) is 6.01. The van der Waals surface area contributed by atoms with Crippen molar-refractivity contribution < 1.29 is 0 Å². The average molecular weight is 280 g/mol. The molecule has 2 aromatic heterocycles. The van der Waals surface area contributed by atoms with Gasteiger partial charge >= 0.3 is 0 Å². The number of thiazole rings is 1. The first-order valence-corrected chi connectivity index (χ1v) is 7.70. The number of hydrogen-bond acceptors (Lipinski definition) is 6. The van der Waals surface area contributed by atoms with Gasteiger partial charge in [-0.2, -0.15) is 0 Å². The fraction of sp³-hybridized carbons (Fsp3) is 0.417. The molecule has 0 aromatic carbocycles. The molecule has 0 saturated heterocycles. The minimum Gasteiger partial charge on any atom is -0.370 e. The summed E-state index contributed by atoms with van der Waals surface area (Å²) in [6.07, 6.45) is 3.77. The Balaban J connectivity index is 2.21. The molecule has 0 spiro atoms. The molecule has 1 N–H and O–H groups in total. The summed E-state index contributed by atoms with van der Waals surface area (Å²) in [6, 6.07) is 1.98. The van der Waals surface area contributed by atoms with E-state index in [2.05, 4.69) is 34.1 Å². The van der Waals surface area contributed by atoms with Gasteiger partial charge < -0.3 is 5.32 Å². The Kier molecular flexibility index (Phi) is 4.95. The van der Waals surface area contributed by atoms with E-state index in [1.807, 2.05) is 17.6 Å². The van der Waals surface area contributed by atoms with Crippen LogP contribution in [0.2, 0.25) is 0 Å². The monoisotopic (exact) mass is 280 g/mol. The van der Waals surface area contributed by atoms with Crippen LogP contribution >= 0.6 is 23.1 Å². The van der Waals surface area contributed by atoms with Crippen molar-refractivity contribution in [3.8, 4) is 0 Å². The van der Waals surface area contributed by atoms with Crippen molar-refractivity contribution in [1.82, 2.24) is 15.0 Å². The van der Waals surface area contributed by atoms with E-state index in [9.17, 15) is 0 Å². The second-order valence-corrected chi connectivity index (χ2v) is 5.85. The van der Waals surface area contributed by atoms with Crippen molar-refractivity contribution >= 4 is 28.9 Å². The fourth-order valence-corrected chi connectivity index (χ4v) is 3.07. The van der Waals surface area contributed by atoms with Crippen LogP contribution in [0.4, 0.5) is 5.82 Å². The van der Waals surface area contributed by atoms with Gasteiger partial charge in [0.15, 0.2) is 4.34 Å². The first kappa shape index (κ1) is 13.3. The lowest BCUT2D eigenvalue weighted by Gasteiger charge is -2.07. The molecule has 0 saturated carbocycles. The summed E-state index contributed by atoms with van der Waals surface area (Å²) in [5.41, 5.74) is 0. The molecule has 0 aliphatic rings. The Morgan fingerprint density at radius 2 is 2.22 bits per heavy atom. The third kappa shape index (κ3) is 3.68. The van der Waals surface area contributed by atoms with Gasteiger partial charge in [0, 0.05) is 30.6 Å². The third-order valence-corrected chi connectivity index (χ3v) is 3.98. The zero-order valence-corrected chi connectivity index (χ0v) is 12.1. The Labute approximate surface area is 115 Å². The van der Waals surface area contributed by atoms with Crippen molar-refractivity contribution in [2.24, 2.45) is 0 Å². The highest BCUT2D eigenvalue weighted by Gasteiger charge is 2.07. The third-order valence-electron chi connectivity index (χ3n) is 2.18. The van der Waals surface area contributed by atoms with Crippen LogP contribution in [0.3, 0.4) is 0 Å². The smallest absolute Gasteiger partial charge is 0.156 e.